The fourth-order valence-corrected chi connectivity index (χ4v) is 2.70. The highest BCUT2D eigenvalue weighted by Crippen LogP contribution is 2.26. The van der Waals surface area contributed by atoms with E-state index >= 15 is 0 Å². The summed E-state index contributed by atoms with van der Waals surface area (Å²) in [5.74, 6) is -0.426. The molecule has 23 heavy (non-hydrogen) atoms. The highest BCUT2D eigenvalue weighted by Gasteiger charge is 2.20. The molecule has 1 atom stereocenters. The minimum absolute atomic E-state index is 0.0771. The van der Waals surface area contributed by atoms with E-state index in [9.17, 15) is 9.59 Å². The largest absolute Gasteiger partial charge is 0.345 e. The summed E-state index contributed by atoms with van der Waals surface area (Å²) in [6.45, 7) is 3.44. The van der Waals surface area contributed by atoms with Gasteiger partial charge in [0.25, 0.3) is 0 Å². The third-order valence-electron chi connectivity index (χ3n) is 3.34. The summed E-state index contributed by atoms with van der Waals surface area (Å²) in [6.07, 6.45) is 1.29. The maximum absolute atomic E-state index is 12.5. The quantitative estimate of drug-likeness (QED) is 0.571. The van der Waals surface area contributed by atoms with Gasteiger partial charge in [0.1, 0.15) is 0 Å². The van der Waals surface area contributed by atoms with Gasteiger partial charge in [0.2, 0.25) is 5.91 Å². The van der Waals surface area contributed by atoms with Crippen LogP contribution >= 0.6 is 27.5 Å². The molecule has 2 rings (SSSR count). The molecule has 0 bridgehead atoms. The number of carbonyl (C=O) groups excluding carboxylic acids is 2. The van der Waals surface area contributed by atoms with Crippen molar-refractivity contribution in [3.8, 4) is 0 Å². The van der Waals surface area contributed by atoms with Crippen molar-refractivity contribution in [3.63, 3.8) is 0 Å². The highest BCUT2D eigenvalue weighted by atomic mass is 79.9. The monoisotopic (exact) mass is 391 g/mol. The molecular weight excluding hydrogens is 378 g/mol. The fraction of sp³-hybridized carbons (Fsp3) is 0.111. The van der Waals surface area contributed by atoms with E-state index in [1.54, 1.807) is 42.5 Å². The fourth-order valence-electron chi connectivity index (χ4n) is 2.17. The number of Topliss-reactive ketones (excluding diaryl/α,β-unsaturated/α-hetero) is 1. The molecule has 2 aromatic rings. The van der Waals surface area contributed by atoms with Gasteiger partial charge in [-0.15, -0.1) is 0 Å². The van der Waals surface area contributed by atoms with Crippen LogP contribution in [0.25, 0.3) is 0 Å². The van der Waals surface area contributed by atoms with Crippen LogP contribution in [0.15, 0.2) is 65.7 Å². The molecule has 0 radical (unpaired) electrons. The molecule has 0 heterocycles. The third kappa shape index (κ3) is 4.78. The summed E-state index contributed by atoms with van der Waals surface area (Å²) in [5.41, 5.74) is 1.29. The Morgan fingerprint density at radius 2 is 1.83 bits per heavy atom. The van der Waals surface area contributed by atoms with Gasteiger partial charge in [-0.3, -0.25) is 9.59 Å². The van der Waals surface area contributed by atoms with Crippen LogP contribution in [0.4, 0.5) is 0 Å². The lowest BCUT2D eigenvalue weighted by atomic mass is 9.97. The number of rotatable bonds is 6. The van der Waals surface area contributed by atoms with E-state index in [4.69, 9.17) is 11.6 Å². The molecule has 0 fully saturated rings. The van der Waals surface area contributed by atoms with E-state index < -0.39 is 6.04 Å². The maximum Gasteiger partial charge on any atom is 0.243 e. The molecule has 2 aromatic carbocycles. The lowest BCUT2D eigenvalue weighted by molar-refractivity contribution is -0.117. The lowest BCUT2D eigenvalue weighted by Crippen LogP contribution is -2.29. The van der Waals surface area contributed by atoms with Crippen molar-refractivity contribution in [1.82, 2.24) is 5.32 Å². The molecule has 5 heteroatoms. The van der Waals surface area contributed by atoms with Gasteiger partial charge in [-0.25, -0.2) is 0 Å². The molecule has 0 aliphatic carbocycles. The van der Waals surface area contributed by atoms with E-state index in [-0.39, 0.29) is 18.1 Å². The van der Waals surface area contributed by atoms with Crippen LogP contribution in [0.3, 0.4) is 0 Å². The second-order valence-electron chi connectivity index (χ2n) is 4.92. The van der Waals surface area contributed by atoms with Crippen molar-refractivity contribution in [2.24, 2.45) is 0 Å². The molecule has 118 valence electrons. The summed E-state index contributed by atoms with van der Waals surface area (Å²) in [5, 5.41) is 3.27. The molecule has 0 saturated carbocycles. The standard InChI is InChI=1S/C18H15BrClNO2/c1-2-18(23)21-16(14-5-3-4-6-15(14)20)11-17(22)12-7-9-13(19)10-8-12/h2-10,16H,1,11H2,(H,21,23). The van der Waals surface area contributed by atoms with Gasteiger partial charge in [0.15, 0.2) is 5.78 Å². The van der Waals surface area contributed by atoms with Crippen molar-refractivity contribution in [1.29, 1.82) is 0 Å². The van der Waals surface area contributed by atoms with Crippen molar-refractivity contribution >= 4 is 39.2 Å². The number of benzene rings is 2. The SMILES string of the molecule is C=CC(=O)NC(CC(=O)c1ccc(Br)cc1)c1ccccc1Cl. The topological polar surface area (TPSA) is 46.2 Å². The van der Waals surface area contributed by atoms with Gasteiger partial charge in [-0.2, -0.15) is 0 Å². The number of carbonyl (C=O) groups is 2. The van der Waals surface area contributed by atoms with Crippen molar-refractivity contribution in [2.45, 2.75) is 12.5 Å². The molecule has 0 spiro atoms. The first kappa shape index (κ1) is 17.4. The second kappa shape index (κ2) is 8.09. The lowest BCUT2D eigenvalue weighted by Gasteiger charge is -2.19. The Kier molecular flexibility index (Phi) is 6.13. The van der Waals surface area contributed by atoms with E-state index in [1.165, 1.54) is 6.08 Å². The number of nitrogens with one attached hydrogen (secondary N) is 1. The van der Waals surface area contributed by atoms with Gasteiger partial charge >= 0.3 is 0 Å². The van der Waals surface area contributed by atoms with Crippen molar-refractivity contribution in [2.75, 3.05) is 0 Å². The van der Waals surface area contributed by atoms with Crippen LogP contribution in [0.1, 0.15) is 28.4 Å². The zero-order valence-corrected chi connectivity index (χ0v) is 14.6. The number of halogens is 2. The number of hydrogen-bond donors (Lipinski definition) is 1. The first-order chi connectivity index (χ1) is 11.0. The molecule has 0 aliphatic heterocycles. The minimum atomic E-state index is -0.509. The summed E-state index contributed by atoms with van der Waals surface area (Å²) in [6, 6.07) is 13.7. The smallest absolute Gasteiger partial charge is 0.243 e. The van der Waals surface area contributed by atoms with Crippen LogP contribution in [0.2, 0.25) is 5.02 Å². The minimum Gasteiger partial charge on any atom is -0.345 e. The Hall–Kier alpha value is -1.91. The zero-order chi connectivity index (χ0) is 16.8. The molecule has 0 aromatic heterocycles. The molecule has 1 unspecified atom stereocenters. The molecule has 0 saturated heterocycles. The predicted molar refractivity (Wildman–Crippen MR) is 95.6 cm³/mol. The zero-order valence-electron chi connectivity index (χ0n) is 12.3. The summed E-state index contributed by atoms with van der Waals surface area (Å²) in [4.78, 5) is 24.2. The Morgan fingerprint density at radius 1 is 1.17 bits per heavy atom. The Balaban J connectivity index is 2.25. The number of ketones is 1. The summed E-state index contributed by atoms with van der Waals surface area (Å²) < 4.78 is 0.900. The first-order valence-electron chi connectivity index (χ1n) is 6.97. The third-order valence-corrected chi connectivity index (χ3v) is 4.21. The van der Waals surface area contributed by atoms with Crippen LogP contribution in [-0.4, -0.2) is 11.7 Å². The van der Waals surface area contributed by atoms with Crippen molar-refractivity contribution in [3.05, 3.63) is 81.8 Å². The summed E-state index contributed by atoms with van der Waals surface area (Å²) >= 11 is 9.54. The first-order valence-corrected chi connectivity index (χ1v) is 8.14. The van der Waals surface area contributed by atoms with Gasteiger partial charge in [-0.05, 0) is 29.8 Å². The summed E-state index contributed by atoms with van der Waals surface area (Å²) in [7, 11) is 0. The Morgan fingerprint density at radius 3 is 2.43 bits per heavy atom. The van der Waals surface area contributed by atoms with E-state index in [1.807, 2.05) is 6.07 Å². The number of amides is 1. The van der Waals surface area contributed by atoms with Crippen LogP contribution in [0.5, 0.6) is 0 Å². The van der Waals surface area contributed by atoms with Gasteiger partial charge in [0.05, 0.1) is 6.04 Å². The molecule has 0 aliphatic rings. The average molecular weight is 393 g/mol. The molecule has 1 amide bonds. The Labute approximate surface area is 148 Å². The van der Waals surface area contributed by atoms with Gasteiger partial charge < -0.3 is 5.32 Å². The van der Waals surface area contributed by atoms with Crippen molar-refractivity contribution < 1.29 is 9.59 Å². The predicted octanol–water partition coefficient (Wildman–Crippen LogP) is 4.72. The normalized spacial score (nSPS) is 11.6. The Bertz CT molecular complexity index is 728. The van der Waals surface area contributed by atoms with E-state index in [0.717, 1.165) is 4.47 Å². The molecule has 3 nitrogen and oxygen atoms in total. The van der Waals surface area contributed by atoms with Crippen LogP contribution in [0, 0.1) is 0 Å². The van der Waals surface area contributed by atoms with Crippen LogP contribution < -0.4 is 5.32 Å². The maximum atomic E-state index is 12.5. The number of hydrogen-bond acceptors (Lipinski definition) is 2. The van der Waals surface area contributed by atoms with E-state index in [0.29, 0.717) is 16.1 Å². The average Bonchev–Trinajstić information content (AvgIpc) is 2.55. The molecule has 1 N–H and O–H groups in total. The second-order valence-corrected chi connectivity index (χ2v) is 6.24. The van der Waals surface area contributed by atoms with Crippen LogP contribution in [-0.2, 0) is 4.79 Å². The molecular formula is C18H15BrClNO2. The van der Waals surface area contributed by atoms with Gasteiger partial charge in [0, 0.05) is 21.5 Å². The van der Waals surface area contributed by atoms with Gasteiger partial charge in [-0.1, -0.05) is 64.4 Å². The highest BCUT2D eigenvalue weighted by molar-refractivity contribution is 9.10. The van der Waals surface area contributed by atoms with E-state index in [2.05, 4.69) is 27.8 Å².